The van der Waals surface area contributed by atoms with Crippen LogP contribution in [0, 0.1) is 0 Å². The van der Waals surface area contributed by atoms with Gasteiger partial charge in [0.1, 0.15) is 0 Å². The van der Waals surface area contributed by atoms with E-state index in [0.29, 0.717) is 0 Å². The molecule has 0 bridgehead atoms. The molecule has 8 heavy (non-hydrogen) atoms. The first-order valence-corrected chi connectivity index (χ1v) is 1.95. The van der Waals surface area contributed by atoms with Crippen molar-refractivity contribution >= 4 is 24.0 Å². The molecule has 0 atom stereocenters. The summed E-state index contributed by atoms with van der Waals surface area (Å²) < 4.78 is 0. The fourth-order valence-corrected chi connectivity index (χ4v) is 0.130. The van der Waals surface area contributed by atoms with Gasteiger partial charge >= 0.3 is 11.3 Å². The van der Waals surface area contributed by atoms with Gasteiger partial charge in [0.15, 0.2) is 0 Å². The van der Waals surface area contributed by atoms with E-state index in [2.05, 4.69) is 22.9 Å². The van der Waals surface area contributed by atoms with Gasteiger partial charge in [0, 0.05) is 0 Å². The summed E-state index contributed by atoms with van der Waals surface area (Å²) in [4.78, 5) is 19.1. The van der Waals surface area contributed by atoms with Crippen molar-refractivity contribution in [2.24, 2.45) is 10.2 Å². The highest BCUT2D eigenvalue weighted by Crippen LogP contribution is 1.85. The largest absolute Gasteiger partial charge is 0.462 e. The van der Waals surface area contributed by atoms with E-state index < -0.39 is 11.3 Å². The normalized spacial score (nSPS) is 9.62. The second kappa shape index (κ2) is 3.14. The zero-order chi connectivity index (χ0) is 6.57. The first-order chi connectivity index (χ1) is 3.63. The van der Waals surface area contributed by atoms with Crippen molar-refractivity contribution in [3.8, 4) is 0 Å². The van der Waals surface area contributed by atoms with Crippen LogP contribution in [-0.2, 0) is 0 Å². The Balaban J connectivity index is 3.67. The van der Waals surface area contributed by atoms with Crippen molar-refractivity contribution in [3.63, 3.8) is 0 Å². The lowest BCUT2D eigenvalue weighted by Gasteiger charge is -1.72. The number of hydrogen-bond acceptors (Lipinski definition) is 2. The van der Waals surface area contributed by atoms with Gasteiger partial charge in [0.05, 0.1) is 0 Å². The van der Waals surface area contributed by atoms with Crippen molar-refractivity contribution in [3.05, 3.63) is 0 Å². The third-order valence-electron chi connectivity index (χ3n) is 0.221. The maximum absolute atomic E-state index is 9.69. The second-order valence-electron chi connectivity index (χ2n) is 0.765. The molecular weight excluding hydrogens is 132 g/mol. The van der Waals surface area contributed by atoms with E-state index in [-0.39, 0.29) is 0 Å². The SMILES string of the molecule is O=C(O)N=NC(=O)S. The Morgan fingerprint density at radius 2 is 1.88 bits per heavy atom. The van der Waals surface area contributed by atoms with Crippen molar-refractivity contribution in [2.75, 3.05) is 0 Å². The lowest BCUT2D eigenvalue weighted by Crippen LogP contribution is -1.82. The smallest absolute Gasteiger partial charge is 0.450 e. The summed E-state index contributed by atoms with van der Waals surface area (Å²) in [7, 11) is 0. The number of nitrogens with zero attached hydrogens (tertiary/aromatic N) is 2. The average Bonchev–Trinajstić information content (AvgIpc) is 1.61. The van der Waals surface area contributed by atoms with E-state index in [9.17, 15) is 9.59 Å². The van der Waals surface area contributed by atoms with Gasteiger partial charge in [-0.05, 0) is 0 Å². The van der Waals surface area contributed by atoms with Crippen LogP contribution in [0.15, 0.2) is 10.2 Å². The minimum absolute atomic E-state index is 0.924. The van der Waals surface area contributed by atoms with Crippen LogP contribution in [0.3, 0.4) is 0 Å². The maximum Gasteiger partial charge on any atom is 0.450 e. The van der Waals surface area contributed by atoms with E-state index in [1.165, 1.54) is 0 Å². The summed E-state index contributed by atoms with van der Waals surface area (Å²) >= 11 is 3.11. The number of azo groups is 1. The van der Waals surface area contributed by atoms with Gasteiger partial charge in [-0.2, -0.15) is 0 Å². The molecule has 0 unspecified atom stereocenters. The van der Waals surface area contributed by atoms with Crippen LogP contribution >= 0.6 is 12.6 Å². The Hall–Kier alpha value is -0.910. The van der Waals surface area contributed by atoms with E-state index in [4.69, 9.17) is 5.11 Å². The molecule has 0 rings (SSSR count). The first kappa shape index (κ1) is 7.09. The van der Waals surface area contributed by atoms with Gasteiger partial charge in [-0.15, -0.1) is 0 Å². The molecule has 0 saturated carbocycles. The van der Waals surface area contributed by atoms with Gasteiger partial charge in [-0.3, -0.25) is 4.79 Å². The minimum atomic E-state index is -1.51. The molecule has 0 aromatic rings. The fourth-order valence-electron chi connectivity index (χ4n) is 0.0855. The van der Waals surface area contributed by atoms with Crippen LogP contribution in [0.4, 0.5) is 9.59 Å². The lowest BCUT2D eigenvalue weighted by atomic mass is 11.3. The lowest BCUT2D eigenvalue weighted by molar-refractivity contribution is 0.203. The molecule has 0 spiro atoms. The molecule has 0 saturated heterocycles. The van der Waals surface area contributed by atoms with Crippen LogP contribution in [0.2, 0.25) is 0 Å². The number of carboxylic acid groups (broad SMARTS) is 1. The van der Waals surface area contributed by atoms with E-state index in [1.807, 2.05) is 0 Å². The summed E-state index contributed by atoms with van der Waals surface area (Å²) in [6.45, 7) is 0. The zero-order valence-corrected chi connectivity index (χ0v) is 4.50. The maximum atomic E-state index is 9.69. The predicted molar refractivity (Wildman–Crippen MR) is 27.3 cm³/mol. The number of carbonyl (C=O) groups is 2. The molecule has 44 valence electrons. The molecule has 0 aliphatic rings. The Labute approximate surface area is 49.8 Å². The summed E-state index contributed by atoms with van der Waals surface area (Å²) in [5, 5.41) is 11.8. The van der Waals surface area contributed by atoms with Crippen molar-refractivity contribution in [2.45, 2.75) is 0 Å². The standard InChI is InChI=1S/C2H2N2O3S/c5-1(6)3-4-2(7)8/h(H,5,6)(H,7,8). The van der Waals surface area contributed by atoms with Gasteiger partial charge in [0.25, 0.3) is 0 Å². The monoisotopic (exact) mass is 134 g/mol. The number of thiol groups is 1. The average molecular weight is 134 g/mol. The molecule has 0 aromatic heterocycles. The van der Waals surface area contributed by atoms with Gasteiger partial charge < -0.3 is 5.11 Å². The van der Waals surface area contributed by atoms with Crippen molar-refractivity contribution in [1.29, 1.82) is 0 Å². The molecule has 5 nitrogen and oxygen atoms in total. The van der Waals surface area contributed by atoms with Crippen LogP contribution in [0.25, 0.3) is 0 Å². The number of rotatable bonds is 0. The van der Waals surface area contributed by atoms with Gasteiger partial charge in [0.2, 0.25) is 0 Å². The molecule has 0 aliphatic heterocycles. The molecule has 0 fully saturated rings. The third kappa shape index (κ3) is 5.09. The van der Waals surface area contributed by atoms with Crippen molar-refractivity contribution in [1.82, 2.24) is 0 Å². The Bertz CT molecular complexity index is 126. The predicted octanol–water partition coefficient (Wildman–Crippen LogP) is 1.17. The van der Waals surface area contributed by atoms with Crippen LogP contribution in [-0.4, -0.2) is 16.4 Å². The zero-order valence-electron chi connectivity index (χ0n) is 3.61. The highest BCUT2D eigenvalue weighted by molar-refractivity contribution is 7.96. The molecular formula is C2H2N2O3S. The Morgan fingerprint density at radius 3 is 2.00 bits per heavy atom. The van der Waals surface area contributed by atoms with E-state index in [1.54, 1.807) is 0 Å². The van der Waals surface area contributed by atoms with Crippen LogP contribution in [0.1, 0.15) is 0 Å². The highest BCUT2D eigenvalue weighted by Gasteiger charge is 1.89. The summed E-state index contributed by atoms with van der Waals surface area (Å²) in [6.07, 6.45) is -1.51. The topological polar surface area (TPSA) is 79.1 Å². The molecule has 0 radical (unpaired) electrons. The Kier molecular flexibility index (Phi) is 2.78. The van der Waals surface area contributed by atoms with Crippen LogP contribution < -0.4 is 0 Å². The number of carbonyl (C=O) groups excluding carboxylic acids is 1. The molecule has 0 heterocycles. The quantitative estimate of drug-likeness (QED) is 0.385. The fraction of sp³-hybridized carbons (Fsp3) is 0. The summed E-state index contributed by atoms with van der Waals surface area (Å²) in [5.74, 6) is 0. The number of hydrogen-bond donors (Lipinski definition) is 2. The molecule has 0 aromatic carbocycles. The van der Waals surface area contributed by atoms with Crippen molar-refractivity contribution < 1.29 is 14.7 Å². The first-order valence-electron chi connectivity index (χ1n) is 1.50. The molecule has 2 amide bonds. The third-order valence-corrected chi connectivity index (χ3v) is 0.311. The molecule has 0 aliphatic carbocycles. The number of amides is 2. The minimum Gasteiger partial charge on any atom is -0.462 e. The highest BCUT2D eigenvalue weighted by atomic mass is 32.1. The Morgan fingerprint density at radius 1 is 1.38 bits per heavy atom. The van der Waals surface area contributed by atoms with E-state index in [0.717, 1.165) is 0 Å². The van der Waals surface area contributed by atoms with Crippen LogP contribution in [0.5, 0.6) is 0 Å². The summed E-state index contributed by atoms with van der Waals surface area (Å²) in [6, 6.07) is 0. The van der Waals surface area contributed by atoms with Gasteiger partial charge in [-0.1, -0.05) is 22.9 Å². The van der Waals surface area contributed by atoms with E-state index >= 15 is 0 Å². The molecule has 6 heteroatoms. The molecule has 1 N–H and O–H groups in total. The second-order valence-corrected chi connectivity index (χ2v) is 1.15. The van der Waals surface area contributed by atoms with Gasteiger partial charge in [-0.25, -0.2) is 4.79 Å². The summed E-state index contributed by atoms with van der Waals surface area (Å²) in [5.41, 5.74) is 0.